The average molecular weight is 626 g/mol. The Morgan fingerprint density at radius 3 is 2.18 bits per heavy atom. The lowest BCUT2D eigenvalue weighted by atomic mass is 10.1. The van der Waals surface area contributed by atoms with Crippen LogP contribution in [0.25, 0.3) is 0 Å². The second kappa shape index (κ2) is 14.6. The van der Waals surface area contributed by atoms with E-state index in [1.807, 2.05) is 6.92 Å². The van der Waals surface area contributed by atoms with Gasteiger partial charge in [0.1, 0.15) is 18.4 Å². The lowest BCUT2D eigenvalue weighted by molar-refractivity contribution is -0.140. The van der Waals surface area contributed by atoms with Crippen molar-refractivity contribution in [3.8, 4) is 11.5 Å². The Kier molecular flexibility index (Phi) is 10.9. The van der Waals surface area contributed by atoms with Crippen molar-refractivity contribution in [2.75, 3.05) is 25.1 Å². The first kappa shape index (κ1) is 32.8. The van der Waals surface area contributed by atoms with Gasteiger partial charge in [-0.2, -0.15) is 0 Å². The van der Waals surface area contributed by atoms with Crippen LogP contribution in [0.5, 0.6) is 11.5 Å². The van der Waals surface area contributed by atoms with E-state index in [4.69, 9.17) is 9.47 Å². The summed E-state index contributed by atoms with van der Waals surface area (Å²) in [6.07, 6.45) is 4.09. The largest absolute Gasteiger partial charge is 0.493 e. The van der Waals surface area contributed by atoms with Crippen LogP contribution < -0.4 is 19.1 Å². The number of hydrogen-bond acceptors (Lipinski definition) is 6. The van der Waals surface area contributed by atoms with Crippen LogP contribution in [0.3, 0.4) is 0 Å². The van der Waals surface area contributed by atoms with Gasteiger partial charge in [0.05, 0.1) is 24.8 Å². The minimum absolute atomic E-state index is 0.00166. The van der Waals surface area contributed by atoms with Crippen molar-refractivity contribution in [3.05, 3.63) is 83.7 Å². The summed E-state index contributed by atoms with van der Waals surface area (Å²) in [5.74, 6) is -0.640. The fourth-order valence-electron chi connectivity index (χ4n) is 5.42. The van der Waals surface area contributed by atoms with Crippen molar-refractivity contribution in [2.45, 2.75) is 69.5 Å². The van der Waals surface area contributed by atoms with Crippen LogP contribution in [0.4, 0.5) is 10.1 Å². The molecule has 1 fully saturated rings. The SMILES string of the molecule is CC[C@@H](C(=O)NC1CCCC1)N(Cc1ccc(F)cc1)C(=O)CN(c1ccc(OC)c(OC)c1)S(=O)(=O)c1ccc(C)cc1. The molecule has 236 valence electrons. The van der Waals surface area contributed by atoms with Gasteiger partial charge in [-0.1, -0.05) is 49.6 Å². The maximum absolute atomic E-state index is 14.3. The Labute approximate surface area is 259 Å². The van der Waals surface area contributed by atoms with Crippen LogP contribution in [-0.2, 0) is 26.2 Å². The lowest BCUT2D eigenvalue weighted by Crippen LogP contribution is -2.53. The minimum Gasteiger partial charge on any atom is -0.493 e. The summed E-state index contributed by atoms with van der Waals surface area (Å²) in [6, 6.07) is 15.8. The third kappa shape index (κ3) is 7.68. The topological polar surface area (TPSA) is 105 Å². The average Bonchev–Trinajstić information content (AvgIpc) is 3.53. The molecule has 0 aromatic heterocycles. The van der Waals surface area contributed by atoms with Gasteiger partial charge in [-0.05, 0) is 68.1 Å². The number of carbonyl (C=O) groups is 2. The fourth-order valence-corrected chi connectivity index (χ4v) is 6.83. The highest BCUT2D eigenvalue weighted by molar-refractivity contribution is 7.92. The summed E-state index contributed by atoms with van der Waals surface area (Å²) in [7, 11) is -1.35. The number of nitrogens with one attached hydrogen (secondary N) is 1. The number of rotatable bonds is 13. The molecule has 0 unspecified atom stereocenters. The first-order valence-corrected chi connectivity index (χ1v) is 16.2. The normalized spacial score (nSPS) is 14.1. The Morgan fingerprint density at radius 2 is 1.59 bits per heavy atom. The summed E-state index contributed by atoms with van der Waals surface area (Å²) >= 11 is 0. The van der Waals surface area contributed by atoms with Crippen molar-refractivity contribution in [1.82, 2.24) is 10.2 Å². The summed E-state index contributed by atoms with van der Waals surface area (Å²) in [4.78, 5) is 29.2. The zero-order valence-electron chi connectivity index (χ0n) is 25.6. The van der Waals surface area contributed by atoms with Crippen molar-refractivity contribution < 1.29 is 31.9 Å². The molecular weight excluding hydrogens is 585 g/mol. The molecule has 2 amide bonds. The first-order chi connectivity index (χ1) is 21.1. The van der Waals surface area contributed by atoms with E-state index >= 15 is 0 Å². The van der Waals surface area contributed by atoms with Gasteiger partial charge >= 0.3 is 0 Å². The van der Waals surface area contributed by atoms with Crippen LogP contribution in [0, 0.1) is 12.7 Å². The molecule has 0 aliphatic heterocycles. The quantitative estimate of drug-likeness (QED) is 0.280. The summed E-state index contributed by atoms with van der Waals surface area (Å²) in [5.41, 5.74) is 1.66. The number of aryl methyl sites for hydroxylation is 1. The van der Waals surface area contributed by atoms with E-state index in [2.05, 4.69) is 5.32 Å². The van der Waals surface area contributed by atoms with Crippen LogP contribution in [0.1, 0.15) is 50.2 Å². The Bertz CT molecular complexity index is 1540. The van der Waals surface area contributed by atoms with Gasteiger partial charge in [0.25, 0.3) is 10.0 Å². The van der Waals surface area contributed by atoms with Crippen LogP contribution in [0.15, 0.2) is 71.6 Å². The van der Waals surface area contributed by atoms with E-state index in [1.54, 1.807) is 37.3 Å². The van der Waals surface area contributed by atoms with Crippen LogP contribution >= 0.6 is 0 Å². The molecule has 0 spiro atoms. The van der Waals surface area contributed by atoms with Gasteiger partial charge in [0.15, 0.2) is 11.5 Å². The molecule has 1 N–H and O–H groups in total. The van der Waals surface area contributed by atoms with Crippen molar-refractivity contribution in [2.24, 2.45) is 0 Å². The molecule has 3 aromatic carbocycles. The Morgan fingerprint density at radius 1 is 0.955 bits per heavy atom. The molecule has 44 heavy (non-hydrogen) atoms. The van der Waals surface area contributed by atoms with Gasteiger partial charge in [-0.15, -0.1) is 0 Å². The number of ether oxygens (including phenoxy) is 2. The summed E-state index contributed by atoms with van der Waals surface area (Å²) in [6.45, 7) is 3.04. The van der Waals surface area contributed by atoms with E-state index in [0.717, 1.165) is 35.6 Å². The highest BCUT2D eigenvalue weighted by Crippen LogP contribution is 2.34. The standard InChI is InChI=1S/C33H40FN3O6S/c1-5-29(33(39)35-26-8-6-7-9-26)36(21-24-12-14-25(34)15-13-24)32(38)22-37(27-16-19-30(42-3)31(20-27)43-4)44(40,41)28-17-10-23(2)11-18-28/h10-20,26,29H,5-9,21-22H2,1-4H3,(H,35,39)/t29-/m0/s1. The molecule has 9 nitrogen and oxygen atoms in total. The lowest BCUT2D eigenvalue weighted by Gasteiger charge is -2.34. The molecule has 1 aliphatic rings. The summed E-state index contributed by atoms with van der Waals surface area (Å²) < 4.78 is 53.7. The summed E-state index contributed by atoms with van der Waals surface area (Å²) in [5, 5.41) is 3.08. The highest BCUT2D eigenvalue weighted by Gasteiger charge is 2.35. The fraction of sp³-hybridized carbons (Fsp3) is 0.394. The molecule has 1 aliphatic carbocycles. The molecule has 0 bridgehead atoms. The molecule has 0 heterocycles. The molecule has 3 aromatic rings. The number of halogens is 1. The number of anilines is 1. The van der Waals surface area contributed by atoms with Gasteiger partial charge in [-0.25, -0.2) is 12.8 Å². The van der Waals surface area contributed by atoms with Crippen LogP contribution in [0.2, 0.25) is 0 Å². The number of hydrogen-bond donors (Lipinski definition) is 1. The number of sulfonamides is 1. The van der Waals surface area contributed by atoms with Gasteiger partial charge in [0.2, 0.25) is 11.8 Å². The number of amides is 2. The van der Waals surface area contributed by atoms with E-state index in [9.17, 15) is 22.4 Å². The highest BCUT2D eigenvalue weighted by atomic mass is 32.2. The monoisotopic (exact) mass is 625 g/mol. The zero-order valence-corrected chi connectivity index (χ0v) is 26.4. The van der Waals surface area contributed by atoms with Crippen molar-refractivity contribution >= 4 is 27.5 Å². The number of nitrogens with zero attached hydrogens (tertiary/aromatic N) is 2. The third-order valence-corrected chi connectivity index (χ3v) is 9.68. The van der Waals surface area contributed by atoms with Gasteiger partial charge in [-0.3, -0.25) is 13.9 Å². The second-order valence-electron chi connectivity index (χ2n) is 10.9. The molecule has 0 saturated heterocycles. The van der Waals surface area contributed by atoms with Gasteiger partial charge < -0.3 is 19.7 Å². The maximum atomic E-state index is 14.3. The predicted molar refractivity (Wildman–Crippen MR) is 167 cm³/mol. The Balaban J connectivity index is 1.75. The Hall–Kier alpha value is -4.12. The number of carbonyl (C=O) groups excluding carboxylic acids is 2. The van der Waals surface area contributed by atoms with Crippen molar-refractivity contribution in [3.63, 3.8) is 0 Å². The van der Waals surface area contributed by atoms with E-state index in [-0.39, 0.29) is 34.8 Å². The van der Waals surface area contributed by atoms with Gasteiger partial charge in [0, 0.05) is 18.7 Å². The van der Waals surface area contributed by atoms with E-state index in [1.165, 1.54) is 55.5 Å². The minimum atomic E-state index is -4.25. The number of methoxy groups -OCH3 is 2. The molecule has 1 atom stereocenters. The molecule has 0 radical (unpaired) electrons. The molecular formula is C33H40FN3O6S. The molecule has 11 heteroatoms. The van der Waals surface area contributed by atoms with Crippen LogP contribution in [-0.4, -0.2) is 58.0 Å². The molecule has 1 saturated carbocycles. The molecule has 4 rings (SSSR count). The van der Waals surface area contributed by atoms with E-state index in [0.29, 0.717) is 17.7 Å². The third-order valence-electron chi connectivity index (χ3n) is 7.90. The predicted octanol–water partition coefficient (Wildman–Crippen LogP) is 5.21. The number of benzene rings is 3. The van der Waals surface area contributed by atoms with Crippen molar-refractivity contribution in [1.29, 1.82) is 0 Å². The van der Waals surface area contributed by atoms with E-state index < -0.39 is 34.3 Å². The maximum Gasteiger partial charge on any atom is 0.264 e. The smallest absolute Gasteiger partial charge is 0.264 e. The second-order valence-corrected chi connectivity index (χ2v) is 12.8. The first-order valence-electron chi connectivity index (χ1n) is 14.7. The zero-order chi connectivity index (χ0) is 31.9.